The van der Waals surface area contributed by atoms with Gasteiger partial charge in [-0.3, -0.25) is 14.5 Å². The number of fused-ring (bicyclic) bond motifs is 3. The highest BCUT2D eigenvalue weighted by atomic mass is 16.1. The van der Waals surface area contributed by atoms with Crippen molar-refractivity contribution in [2.24, 2.45) is 22.7 Å². The first-order chi connectivity index (χ1) is 13.7. The lowest BCUT2D eigenvalue weighted by Gasteiger charge is -2.54. The highest BCUT2D eigenvalue weighted by Crippen LogP contribution is 2.60. The third-order valence-corrected chi connectivity index (χ3v) is 7.71. The van der Waals surface area contributed by atoms with E-state index in [1.54, 1.807) is 12.2 Å². The van der Waals surface area contributed by atoms with Crippen LogP contribution in [0.3, 0.4) is 0 Å². The highest BCUT2D eigenvalue weighted by molar-refractivity contribution is 6.10. The third-order valence-electron chi connectivity index (χ3n) is 7.71. The topological polar surface area (TPSA) is 85.0 Å². The van der Waals surface area contributed by atoms with E-state index in [0.29, 0.717) is 12.1 Å². The van der Waals surface area contributed by atoms with Gasteiger partial charge in [-0.2, -0.15) is 10.5 Å². The molecule has 2 fully saturated rings. The van der Waals surface area contributed by atoms with Gasteiger partial charge in [-0.25, -0.2) is 0 Å². The number of allylic oxidation sites excluding steroid dienone is 5. The lowest BCUT2D eigenvalue weighted by Crippen LogP contribution is -2.51. The van der Waals surface area contributed by atoms with Crippen molar-refractivity contribution in [2.45, 2.75) is 46.5 Å². The Balaban J connectivity index is 1.82. The number of Topliss-reactive ketones (excluding diaryl/α,β-unsaturated/α-hetero) is 1. The Morgan fingerprint density at radius 2 is 1.79 bits per heavy atom. The van der Waals surface area contributed by atoms with Crippen LogP contribution in [0.15, 0.2) is 34.4 Å². The Hall–Kier alpha value is -2.50. The summed E-state index contributed by atoms with van der Waals surface area (Å²) < 4.78 is 0. The fourth-order valence-electron chi connectivity index (χ4n) is 6.28. The molecule has 5 nitrogen and oxygen atoms in total. The maximum atomic E-state index is 12.9. The van der Waals surface area contributed by atoms with Crippen LogP contribution in [0.1, 0.15) is 46.5 Å². The molecule has 0 aromatic rings. The van der Waals surface area contributed by atoms with E-state index in [4.69, 9.17) is 0 Å². The maximum absolute atomic E-state index is 12.9. The molecule has 3 aliphatic carbocycles. The second-order valence-electron chi connectivity index (χ2n) is 9.65. The van der Waals surface area contributed by atoms with E-state index in [1.165, 1.54) is 0 Å². The minimum absolute atomic E-state index is 0.0318. The summed E-state index contributed by atoms with van der Waals surface area (Å²) in [6.45, 7) is 8.59. The van der Waals surface area contributed by atoms with E-state index in [0.717, 1.165) is 49.9 Å². The average Bonchev–Trinajstić information content (AvgIpc) is 3.19. The summed E-state index contributed by atoms with van der Waals surface area (Å²) in [6, 6.07) is 4.27. The number of nitriles is 2. The molecule has 0 aromatic heterocycles. The van der Waals surface area contributed by atoms with E-state index < -0.39 is 10.8 Å². The second-order valence-corrected chi connectivity index (χ2v) is 9.65. The van der Waals surface area contributed by atoms with Crippen LogP contribution >= 0.6 is 0 Å². The van der Waals surface area contributed by atoms with Crippen molar-refractivity contribution in [3.05, 3.63) is 34.4 Å². The quantitative estimate of drug-likeness (QED) is 0.721. The first-order valence-electron chi connectivity index (χ1n) is 10.5. The Bertz CT molecular complexity index is 963. The molecule has 0 amide bonds. The molecule has 1 saturated carbocycles. The molecule has 150 valence electrons. The van der Waals surface area contributed by atoms with E-state index in [9.17, 15) is 20.1 Å². The fraction of sp³-hybridized carbons (Fsp3) is 0.583. The molecule has 3 atom stereocenters. The number of ketones is 2. The molecule has 1 heterocycles. The number of nitrogens with zero attached hydrogens (tertiary/aromatic N) is 3. The van der Waals surface area contributed by atoms with E-state index in [2.05, 4.69) is 24.0 Å². The zero-order chi connectivity index (χ0) is 21.0. The predicted octanol–water partition coefficient (Wildman–Crippen LogP) is 3.50. The van der Waals surface area contributed by atoms with Gasteiger partial charge in [0.2, 0.25) is 0 Å². The van der Waals surface area contributed by atoms with Gasteiger partial charge in [0.1, 0.15) is 17.7 Å². The number of hydrogen-bond donors (Lipinski definition) is 0. The summed E-state index contributed by atoms with van der Waals surface area (Å²) in [5.41, 5.74) is 1.23. The average molecular weight is 389 g/mol. The standard InChI is InChI=1S/C24H27N3O2/c1-23(2)21-7-6-16-18(14-27-8-4-5-9-27)17(13-26)20(28)10-19(16)24(21,3)11-15(12-25)22(23)29/h10-11,16,21H,4-9,14H2,1-3H3. The Labute approximate surface area is 172 Å². The summed E-state index contributed by atoms with van der Waals surface area (Å²) in [5.74, 6) is -0.262. The molecule has 0 aromatic carbocycles. The van der Waals surface area contributed by atoms with Gasteiger partial charge in [0.15, 0.2) is 11.6 Å². The number of hydrogen-bond acceptors (Lipinski definition) is 5. The highest BCUT2D eigenvalue weighted by Gasteiger charge is 2.57. The number of carbonyl (C=O) groups excluding carboxylic acids is 2. The van der Waals surface area contributed by atoms with Crippen LogP contribution in [0.4, 0.5) is 0 Å². The van der Waals surface area contributed by atoms with Gasteiger partial charge in [0, 0.05) is 23.3 Å². The van der Waals surface area contributed by atoms with Crippen LogP contribution in [0.25, 0.3) is 0 Å². The van der Waals surface area contributed by atoms with Crippen molar-refractivity contribution < 1.29 is 9.59 Å². The first kappa shape index (κ1) is 19.8. The zero-order valence-corrected chi connectivity index (χ0v) is 17.4. The van der Waals surface area contributed by atoms with Crippen molar-refractivity contribution in [1.29, 1.82) is 10.5 Å². The lowest BCUT2D eigenvalue weighted by molar-refractivity contribution is -0.129. The van der Waals surface area contributed by atoms with E-state index in [-0.39, 0.29) is 29.0 Å². The molecule has 4 aliphatic rings. The lowest BCUT2D eigenvalue weighted by atomic mass is 9.48. The summed E-state index contributed by atoms with van der Waals surface area (Å²) in [5, 5.41) is 19.3. The van der Waals surface area contributed by atoms with Crippen molar-refractivity contribution in [3.63, 3.8) is 0 Å². The van der Waals surface area contributed by atoms with E-state index in [1.807, 2.05) is 13.8 Å². The largest absolute Gasteiger partial charge is 0.299 e. The molecule has 0 N–H and O–H groups in total. The normalized spacial score (nSPS) is 34.0. The minimum Gasteiger partial charge on any atom is -0.299 e. The molecular formula is C24H27N3O2. The Kier molecular flexibility index (Phi) is 4.63. The predicted molar refractivity (Wildman–Crippen MR) is 108 cm³/mol. The van der Waals surface area contributed by atoms with Gasteiger partial charge in [-0.15, -0.1) is 0 Å². The smallest absolute Gasteiger partial charge is 0.196 e. The van der Waals surface area contributed by atoms with Crippen LogP contribution < -0.4 is 0 Å². The van der Waals surface area contributed by atoms with Crippen LogP contribution in [-0.2, 0) is 9.59 Å². The fourth-order valence-corrected chi connectivity index (χ4v) is 6.28. The summed E-state index contributed by atoms with van der Waals surface area (Å²) in [6.07, 6.45) is 7.42. The summed E-state index contributed by atoms with van der Waals surface area (Å²) in [7, 11) is 0. The molecule has 3 unspecified atom stereocenters. The van der Waals surface area contributed by atoms with Crippen LogP contribution in [0.2, 0.25) is 0 Å². The van der Waals surface area contributed by atoms with Crippen molar-refractivity contribution in [3.8, 4) is 12.1 Å². The maximum Gasteiger partial charge on any atom is 0.196 e. The summed E-state index contributed by atoms with van der Waals surface area (Å²) >= 11 is 0. The van der Waals surface area contributed by atoms with Crippen LogP contribution in [0.5, 0.6) is 0 Å². The monoisotopic (exact) mass is 389 g/mol. The number of carbonyl (C=O) groups is 2. The van der Waals surface area contributed by atoms with Gasteiger partial charge in [-0.1, -0.05) is 26.8 Å². The molecule has 1 saturated heterocycles. The molecule has 29 heavy (non-hydrogen) atoms. The molecule has 5 heteroatoms. The molecule has 0 spiro atoms. The molecule has 0 bridgehead atoms. The van der Waals surface area contributed by atoms with E-state index >= 15 is 0 Å². The second kappa shape index (κ2) is 6.78. The Morgan fingerprint density at radius 1 is 1.10 bits per heavy atom. The molecule has 0 radical (unpaired) electrons. The minimum atomic E-state index is -0.655. The van der Waals surface area contributed by atoms with Gasteiger partial charge in [-0.05, 0) is 61.9 Å². The zero-order valence-electron chi connectivity index (χ0n) is 17.4. The number of likely N-dealkylation sites (tertiary alicyclic amines) is 1. The SMILES string of the molecule is CC1(C)C(=O)C(C#N)=CC2(C)C3=CC(=O)C(C#N)=C(CN4CCCC4)C3CCC12. The Morgan fingerprint density at radius 3 is 2.41 bits per heavy atom. The van der Waals surface area contributed by atoms with Gasteiger partial charge >= 0.3 is 0 Å². The van der Waals surface area contributed by atoms with Crippen LogP contribution in [-0.4, -0.2) is 36.1 Å². The molecule has 4 rings (SSSR count). The molecule has 1 aliphatic heterocycles. The first-order valence-corrected chi connectivity index (χ1v) is 10.5. The van der Waals surface area contributed by atoms with Crippen molar-refractivity contribution in [1.82, 2.24) is 4.90 Å². The summed E-state index contributed by atoms with van der Waals surface area (Å²) in [4.78, 5) is 28.1. The van der Waals surface area contributed by atoms with Gasteiger partial charge in [0.05, 0.1) is 5.57 Å². The number of rotatable bonds is 2. The third kappa shape index (κ3) is 2.83. The van der Waals surface area contributed by atoms with Crippen molar-refractivity contribution >= 4 is 11.6 Å². The molecular weight excluding hydrogens is 362 g/mol. The van der Waals surface area contributed by atoms with Crippen LogP contribution in [0, 0.1) is 45.3 Å². The van der Waals surface area contributed by atoms with Gasteiger partial charge < -0.3 is 0 Å². The van der Waals surface area contributed by atoms with Gasteiger partial charge in [0.25, 0.3) is 0 Å². The van der Waals surface area contributed by atoms with Crippen molar-refractivity contribution in [2.75, 3.05) is 19.6 Å².